The molecule has 0 atom stereocenters. The average molecular weight is 411 g/mol. The summed E-state index contributed by atoms with van der Waals surface area (Å²) >= 11 is 11.0. The third kappa shape index (κ3) is 6.37. The first-order valence-electron chi connectivity index (χ1n) is 8.70. The van der Waals surface area contributed by atoms with Crippen molar-refractivity contribution in [2.45, 2.75) is 13.0 Å². The van der Waals surface area contributed by atoms with Crippen molar-refractivity contribution in [1.29, 1.82) is 0 Å². The second-order valence-corrected chi connectivity index (χ2v) is 6.95. The van der Waals surface area contributed by atoms with Crippen LogP contribution in [0.4, 0.5) is 5.69 Å². The van der Waals surface area contributed by atoms with Crippen molar-refractivity contribution in [3.05, 3.63) is 95.0 Å². The van der Waals surface area contributed by atoms with E-state index in [1.807, 2.05) is 66.7 Å². The Bertz CT molecular complexity index is 929. The van der Waals surface area contributed by atoms with Crippen LogP contribution in [0.25, 0.3) is 0 Å². The summed E-state index contributed by atoms with van der Waals surface area (Å²) < 4.78 is 5.75. The van der Waals surface area contributed by atoms with Gasteiger partial charge in [0.15, 0.2) is 5.11 Å². The van der Waals surface area contributed by atoms with Gasteiger partial charge in [-0.2, -0.15) is 0 Å². The molecule has 0 aliphatic carbocycles. The minimum Gasteiger partial charge on any atom is -0.489 e. The number of amides is 1. The summed E-state index contributed by atoms with van der Waals surface area (Å²) in [7, 11) is 0. The summed E-state index contributed by atoms with van der Waals surface area (Å²) in [6, 6.07) is 24.5. The third-order valence-corrected chi connectivity index (χ3v) is 4.35. The van der Waals surface area contributed by atoms with Crippen molar-refractivity contribution in [2.24, 2.45) is 0 Å². The number of nitrogens with one attached hydrogen (secondary N) is 2. The molecule has 3 rings (SSSR count). The van der Waals surface area contributed by atoms with Crippen molar-refractivity contribution in [1.82, 2.24) is 5.32 Å². The Labute approximate surface area is 174 Å². The van der Waals surface area contributed by atoms with Gasteiger partial charge >= 0.3 is 0 Å². The molecule has 0 saturated heterocycles. The van der Waals surface area contributed by atoms with Crippen molar-refractivity contribution >= 4 is 40.5 Å². The lowest BCUT2D eigenvalue weighted by atomic mass is 10.1. The van der Waals surface area contributed by atoms with E-state index in [0.29, 0.717) is 11.6 Å². The fourth-order valence-corrected chi connectivity index (χ4v) is 2.85. The number of halogens is 1. The lowest BCUT2D eigenvalue weighted by molar-refractivity contribution is -0.119. The van der Waals surface area contributed by atoms with Crippen LogP contribution in [-0.2, 0) is 17.8 Å². The first-order chi connectivity index (χ1) is 13.6. The van der Waals surface area contributed by atoms with E-state index in [2.05, 4.69) is 10.6 Å². The van der Waals surface area contributed by atoms with Gasteiger partial charge in [0.05, 0.1) is 6.42 Å². The molecule has 1 amide bonds. The van der Waals surface area contributed by atoms with Crippen LogP contribution in [0.5, 0.6) is 5.75 Å². The minimum absolute atomic E-state index is 0.192. The molecule has 4 nitrogen and oxygen atoms in total. The number of ether oxygens (including phenoxy) is 1. The van der Waals surface area contributed by atoms with Crippen molar-refractivity contribution in [3.8, 4) is 5.75 Å². The number of carbonyl (C=O) groups excluding carboxylic acids is 1. The molecule has 0 fully saturated rings. The van der Waals surface area contributed by atoms with Gasteiger partial charge in [0, 0.05) is 10.7 Å². The first kappa shape index (κ1) is 19.9. The summed E-state index contributed by atoms with van der Waals surface area (Å²) in [5.74, 6) is 0.565. The van der Waals surface area contributed by atoms with Crippen LogP contribution in [0.1, 0.15) is 11.1 Å². The molecule has 0 heterocycles. The van der Waals surface area contributed by atoms with Crippen LogP contribution in [-0.4, -0.2) is 11.0 Å². The Morgan fingerprint density at radius 1 is 0.893 bits per heavy atom. The minimum atomic E-state index is -0.192. The molecule has 0 radical (unpaired) electrons. The molecular formula is C22H19ClN2O2S. The first-order valence-corrected chi connectivity index (χ1v) is 9.49. The zero-order valence-corrected chi connectivity index (χ0v) is 16.6. The monoisotopic (exact) mass is 410 g/mol. The zero-order valence-electron chi connectivity index (χ0n) is 15.0. The lowest BCUT2D eigenvalue weighted by Crippen LogP contribution is -2.35. The number of rotatable bonds is 6. The summed E-state index contributed by atoms with van der Waals surface area (Å²) in [6.07, 6.45) is 0.227. The van der Waals surface area contributed by atoms with E-state index in [0.717, 1.165) is 22.6 Å². The highest BCUT2D eigenvalue weighted by Gasteiger charge is 2.07. The van der Waals surface area contributed by atoms with E-state index in [1.165, 1.54) is 0 Å². The summed E-state index contributed by atoms with van der Waals surface area (Å²) in [5, 5.41) is 6.55. The molecule has 142 valence electrons. The number of hydrogen-bond donors (Lipinski definition) is 2. The van der Waals surface area contributed by atoms with E-state index in [4.69, 9.17) is 28.6 Å². The van der Waals surface area contributed by atoms with E-state index < -0.39 is 0 Å². The highest BCUT2D eigenvalue weighted by molar-refractivity contribution is 7.80. The third-order valence-electron chi connectivity index (χ3n) is 3.89. The van der Waals surface area contributed by atoms with E-state index in [-0.39, 0.29) is 17.4 Å². The maximum atomic E-state index is 12.1. The van der Waals surface area contributed by atoms with Gasteiger partial charge in [-0.25, -0.2) is 0 Å². The van der Waals surface area contributed by atoms with Gasteiger partial charge in [-0.15, -0.1) is 0 Å². The second-order valence-electron chi connectivity index (χ2n) is 6.10. The van der Waals surface area contributed by atoms with Crippen LogP contribution in [0.2, 0.25) is 5.02 Å². The Balaban J connectivity index is 1.45. The fourth-order valence-electron chi connectivity index (χ4n) is 2.50. The van der Waals surface area contributed by atoms with Crippen LogP contribution in [0, 0.1) is 0 Å². The summed E-state index contributed by atoms with van der Waals surface area (Å²) in [5.41, 5.74) is 2.74. The van der Waals surface area contributed by atoms with Gasteiger partial charge in [0.25, 0.3) is 0 Å². The van der Waals surface area contributed by atoms with Gasteiger partial charge in [-0.3, -0.25) is 4.79 Å². The topological polar surface area (TPSA) is 50.4 Å². The predicted molar refractivity (Wildman–Crippen MR) is 117 cm³/mol. The molecule has 0 aliphatic rings. The number of hydrogen-bond acceptors (Lipinski definition) is 3. The molecular weight excluding hydrogens is 392 g/mol. The van der Waals surface area contributed by atoms with E-state index >= 15 is 0 Å². The Kier molecular flexibility index (Phi) is 7.00. The van der Waals surface area contributed by atoms with Gasteiger partial charge < -0.3 is 15.4 Å². The van der Waals surface area contributed by atoms with Crippen molar-refractivity contribution in [3.63, 3.8) is 0 Å². The zero-order chi connectivity index (χ0) is 19.8. The summed E-state index contributed by atoms with van der Waals surface area (Å²) in [4.78, 5) is 12.1. The molecule has 0 saturated carbocycles. The molecule has 2 N–H and O–H groups in total. The molecule has 0 spiro atoms. The maximum Gasteiger partial charge on any atom is 0.230 e. The average Bonchev–Trinajstić information content (AvgIpc) is 2.70. The van der Waals surface area contributed by atoms with Gasteiger partial charge in [0.2, 0.25) is 5.91 Å². The van der Waals surface area contributed by atoms with Crippen LogP contribution >= 0.6 is 23.8 Å². The number of thiocarbonyl (C=S) groups is 1. The second kappa shape index (κ2) is 9.88. The largest absolute Gasteiger partial charge is 0.489 e. The predicted octanol–water partition coefficient (Wildman–Crippen LogP) is 4.97. The molecule has 0 bridgehead atoms. The van der Waals surface area contributed by atoms with Gasteiger partial charge in [0.1, 0.15) is 12.4 Å². The van der Waals surface area contributed by atoms with Gasteiger partial charge in [-0.1, -0.05) is 54.1 Å². The lowest BCUT2D eigenvalue weighted by Gasteiger charge is -2.11. The molecule has 6 heteroatoms. The molecule has 0 unspecified atom stereocenters. The Morgan fingerprint density at radius 2 is 1.57 bits per heavy atom. The van der Waals surface area contributed by atoms with Crippen molar-refractivity contribution in [2.75, 3.05) is 5.32 Å². The highest BCUT2D eigenvalue weighted by atomic mass is 35.5. The number of carbonyl (C=O) groups is 1. The summed E-state index contributed by atoms with van der Waals surface area (Å²) in [6.45, 7) is 0.507. The number of anilines is 1. The standard InChI is InChI=1S/C22H19ClN2O2S/c23-18-8-6-16(7-9-18)14-21(26)25-22(28)24-19-10-12-20(13-11-19)27-15-17-4-2-1-3-5-17/h1-13H,14-15H2,(H2,24,25,26,28). The Morgan fingerprint density at radius 3 is 2.25 bits per heavy atom. The van der Waals surface area contributed by atoms with Crippen molar-refractivity contribution < 1.29 is 9.53 Å². The molecule has 3 aromatic rings. The van der Waals surface area contributed by atoms with Gasteiger partial charge in [-0.05, 0) is 59.7 Å². The molecule has 3 aromatic carbocycles. The normalized spacial score (nSPS) is 10.2. The van der Waals surface area contributed by atoms with E-state index in [1.54, 1.807) is 12.1 Å². The maximum absolute atomic E-state index is 12.1. The SMILES string of the molecule is O=C(Cc1ccc(Cl)cc1)NC(=S)Nc1ccc(OCc2ccccc2)cc1. The van der Waals surface area contributed by atoms with Crippen LogP contribution in [0.3, 0.4) is 0 Å². The fraction of sp³-hybridized carbons (Fsp3) is 0.0909. The highest BCUT2D eigenvalue weighted by Crippen LogP contribution is 2.17. The Hall–Kier alpha value is -2.89. The van der Waals surface area contributed by atoms with Crippen LogP contribution in [0.15, 0.2) is 78.9 Å². The number of benzene rings is 3. The van der Waals surface area contributed by atoms with E-state index in [9.17, 15) is 4.79 Å². The molecule has 28 heavy (non-hydrogen) atoms. The molecule has 0 aliphatic heterocycles. The quantitative estimate of drug-likeness (QED) is 0.563. The molecule has 0 aromatic heterocycles. The van der Waals surface area contributed by atoms with Crippen LogP contribution < -0.4 is 15.4 Å². The smallest absolute Gasteiger partial charge is 0.230 e.